The zero-order chi connectivity index (χ0) is 12.3. The van der Waals surface area contributed by atoms with Crippen LogP contribution in [0.4, 0.5) is 5.88 Å². The summed E-state index contributed by atoms with van der Waals surface area (Å²) in [6.07, 6.45) is 6.74. The van der Waals surface area contributed by atoms with Crippen molar-refractivity contribution < 1.29 is 14.1 Å². The first kappa shape index (κ1) is 11.6. The number of hydrogen-bond donors (Lipinski definition) is 0. The highest BCUT2D eigenvalue weighted by atomic mass is 16.6. The average Bonchev–Trinajstić information content (AvgIpc) is 2.65. The van der Waals surface area contributed by atoms with Crippen LogP contribution in [0.3, 0.4) is 0 Å². The molecule has 0 bridgehead atoms. The van der Waals surface area contributed by atoms with Gasteiger partial charge in [0.2, 0.25) is 5.78 Å². The molecule has 5 nitrogen and oxygen atoms in total. The first-order chi connectivity index (χ1) is 8.18. The van der Waals surface area contributed by atoms with Crippen LogP contribution in [0.25, 0.3) is 0 Å². The standard InChI is InChI=1S/C12H13NO4/c14-12(9-5-3-1-2-4-6-9)10-7-8-11(17-10)13(15)16/h5,7-8H,1-4,6H2. The van der Waals surface area contributed by atoms with E-state index in [2.05, 4.69) is 0 Å². The molecule has 1 aliphatic rings. The fourth-order valence-electron chi connectivity index (χ4n) is 1.93. The number of nitro groups is 1. The van der Waals surface area contributed by atoms with Gasteiger partial charge in [-0.15, -0.1) is 0 Å². The summed E-state index contributed by atoms with van der Waals surface area (Å²) in [4.78, 5) is 21.8. The van der Waals surface area contributed by atoms with Gasteiger partial charge in [0.15, 0.2) is 5.76 Å². The van der Waals surface area contributed by atoms with Gasteiger partial charge in [-0.05, 0) is 37.3 Å². The molecule has 0 spiro atoms. The summed E-state index contributed by atoms with van der Waals surface area (Å²) in [5, 5.41) is 10.5. The predicted octanol–water partition coefficient (Wildman–Crippen LogP) is 3.26. The van der Waals surface area contributed by atoms with E-state index >= 15 is 0 Å². The minimum atomic E-state index is -0.641. The van der Waals surface area contributed by atoms with Gasteiger partial charge in [-0.25, -0.2) is 0 Å². The normalized spacial score (nSPS) is 16.1. The molecule has 0 aromatic carbocycles. The van der Waals surface area contributed by atoms with Crippen molar-refractivity contribution >= 4 is 11.7 Å². The number of carbonyl (C=O) groups excluding carboxylic acids is 1. The van der Waals surface area contributed by atoms with Crippen molar-refractivity contribution in [1.29, 1.82) is 0 Å². The van der Waals surface area contributed by atoms with E-state index < -0.39 is 4.92 Å². The first-order valence-electron chi connectivity index (χ1n) is 5.66. The maximum atomic E-state index is 12.0. The van der Waals surface area contributed by atoms with Crippen LogP contribution < -0.4 is 0 Å². The van der Waals surface area contributed by atoms with E-state index in [1.165, 1.54) is 12.1 Å². The molecule has 0 amide bonds. The Morgan fingerprint density at radius 3 is 2.82 bits per heavy atom. The van der Waals surface area contributed by atoms with E-state index in [0.717, 1.165) is 32.1 Å². The van der Waals surface area contributed by atoms with Gasteiger partial charge in [-0.3, -0.25) is 14.9 Å². The molecule has 0 saturated heterocycles. The monoisotopic (exact) mass is 235 g/mol. The maximum Gasteiger partial charge on any atom is 0.433 e. The zero-order valence-corrected chi connectivity index (χ0v) is 9.35. The quantitative estimate of drug-likeness (QED) is 0.458. The average molecular weight is 235 g/mol. The Hall–Kier alpha value is -1.91. The van der Waals surface area contributed by atoms with Crippen LogP contribution in [0.2, 0.25) is 0 Å². The molecule has 0 radical (unpaired) electrons. The number of Topliss-reactive ketones (excluding diaryl/α,β-unsaturated/α-hetero) is 1. The number of furan rings is 1. The van der Waals surface area contributed by atoms with Crippen LogP contribution in [0.1, 0.15) is 42.7 Å². The summed E-state index contributed by atoms with van der Waals surface area (Å²) in [6, 6.07) is 2.58. The van der Waals surface area contributed by atoms with Gasteiger partial charge >= 0.3 is 5.88 Å². The first-order valence-corrected chi connectivity index (χ1v) is 5.66. The minimum absolute atomic E-state index is 0.0600. The van der Waals surface area contributed by atoms with E-state index in [-0.39, 0.29) is 17.4 Å². The highest BCUT2D eigenvalue weighted by molar-refractivity contribution is 6.06. The van der Waals surface area contributed by atoms with Gasteiger partial charge in [0.1, 0.15) is 4.92 Å². The molecule has 1 aromatic rings. The molecular formula is C12H13NO4. The number of hydrogen-bond acceptors (Lipinski definition) is 4. The predicted molar refractivity (Wildman–Crippen MR) is 60.9 cm³/mol. The largest absolute Gasteiger partial charge is 0.433 e. The summed E-state index contributed by atoms with van der Waals surface area (Å²) in [5.74, 6) is -0.549. The second-order valence-corrected chi connectivity index (χ2v) is 4.05. The number of allylic oxidation sites excluding steroid dienone is 2. The Kier molecular flexibility index (Phi) is 3.37. The summed E-state index contributed by atoms with van der Waals surface area (Å²) in [7, 11) is 0. The molecule has 90 valence electrons. The third kappa shape index (κ3) is 2.61. The minimum Gasteiger partial charge on any atom is -0.397 e. The van der Waals surface area contributed by atoms with E-state index in [1.54, 1.807) is 0 Å². The second-order valence-electron chi connectivity index (χ2n) is 4.05. The van der Waals surface area contributed by atoms with Crippen molar-refractivity contribution in [2.24, 2.45) is 0 Å². The van der Waals surface area contributed by atoms with Crippen LogP contribution in [-0.2, 0) is 0 Å². The molecule has 0 aliphatic heterocycles. The summed E-state index contributed by atoms with van der Waals surface area (Å²) in [6.45, 7) is 0. The zero-order valence-electron chi connectivity index (χ0n) is 9.35. The van der Waals surface area contributed by atoms with E-state index in [9.17, 15) is 14.9 Å². The van der Waals surface area contributed by atoms with Gasteiger partial charge in [-0.2, -0.15) is 0 Å². The Balaban J connectivity index is 2.18. The molecule has 5 heteroatoms. The molecule has 0 fully saturated rings. The Bertz CT molecular complexity index is 473. The molecular weight excluding hydrogens is 222 g/mol. The van der Waals surface area contributed by atoms with Crippen molar-refractivity contribution in [3.8, 4) is 0 Å². The van der Waals surface area contributed by atoms with Crippen LogP contribution in [-0.4, -0.2) is 10.7 Å². The maximum absolute atomic E-state index is 12.0. The lowest BCUT2D eigenvalue weighted by Gasteiger charge is -2.00. The summed E-state index contributed by atoms with van der Waals surface area (Å²) in [5.41, 5.74) is 0.715. The van der Waals surface area contributed by atoms with Crippen LogP contribution >= 0.6 is 0 Å². The SMILES string of the molecule is O=C(C1=CCCCCC1)c1ccc([N+](=O)[O-])o1. The van der Waals surface area contributed by atoms with Crippen LogP contribution in [0, 0.1) is 10.1 Å². The smallest absolute Gasteiger partial charge is 0.397 e. The third-order valence-corrected chi connectivity index (χ3v) is 2.83. The summed E-state index contributed by atoms with van der Waals surface area (Å²) >= 11 is 0. The van der Waals surface area contributed by atoms with Crippen molar-refractivity contribution in [2.45, 2.75) is 32.1 Å². The van der Waals surface area contributed by atoms with Crippen LogP contribution in [0.5, 0.6) is 0 Å². The number of ketones is 1. The third-order valence-electron chi connectivity index (χ3n) is 2.83. The Morgan fingerprint density at radius 2 is 2.12 bits per heavy atom. The molecule has 0 atom stereocenters. The van der Waals surface area contributed by atoms with Crippen molar-refractivity contribution in [2.75, 3.05) is 0 Å². The lowest BCUT2D eigenvalue weighted by Crippen LogP contribution is -2.01. The highest BCUT2D eigenvalue weighted by Crippen LogP contribution is 2.23. The van der Waals surface area contributed by atoms with Crippen LogP contribution in [0.15, 0.2) is 28.2 Å². The number of rotatable bonds is 3. The Labute approximate surface area is 98.3 Å². The highest BCUT2D eigenvalue weighted by Gasteiger charge is 2.20. The Morgan fingerprint density at radius 1 is 1.29 bits per heavy atom. The van der Waals surface area contributed by atoms with E-state index in [1.807, 2.05) is 6.08 Å². The lowest BCUT2D eigenvalue weighted by atomic mass is 10.0. The molecule has 0 unspecified atom stereocenters. The van der Waals surface area contributed by atoms with Gasteiger partial charge in [0, 0.05) is 0 Å². The molecule has 0 N–H and O–H groups in total. The molecule has 1 heterocycles. The molecule has 1 aromatic heterocycles. The van der Waals surface area contributed by atoms with Crippen molar-refractivity contribution in [3.63, 3.8) is 0 Å². The lowest BCUT2D eigenvalue weighted by molar-refractivity contribution is -0.402. The van der Waals surface area contributed by atoms with Crippen molar-refractivity contribution in [1.82, 2.24) is 0 Å². The topological polar surface area (TPSA) is 73.3 Å². The molecule has 17 heavy (non-hydrogen) atoms. The summed E-state index contributed by atoms with van der Waals surface area (Å²) < 4.78 is 4.91. The van der Waals surface area contributed by atoms with Gasteiger partial charge in [0.25, 0.3) is 0 Å². The van der Waals surface area contributed by atoms with Gasteiger partial charge in [0.05, 0.1) is 6.07 Å². The molecule has 2 rings (SSSR count). The molecule has 0 saturated carbocycles. The second kappa shape index (κ2) is 4.95. The fourth-order valence-corrected chi connectivity index (χ4v) is 1.93. The van der Waals surface area contributed by atoms with E-state index in [0.29, 0.717) is 5.57 Å². The fraction of sp³-hybridized carbons (Fsp3) is 0.417. The number of carbonyl (C=O) groups is 1. The van der Waals surface area contributed by atoms with Crippen molar-refractivity contribution in [3.05, 3.63) is 39.7 Å². The van der Waals surface area contributed by atoms with Gasteiger partial charge in [-0.1, -0.05) is 12.5 Å². The molecule has 1 aliphatic carbocycles. The number of nitrogens with zero attached hydrogens (tertiary/aromatic N) is 1. The van der Waals surface area contributed by atoms with E-state index in [4.69, 9.17) is 4.42 Å². The van der Waals surface area contributed by atoms with Gasteiger partial charge < -0.3 is 4.42 Å².